The summed E-state index contributed by atoms with van der Waals surface area (Å²) in [5.41, 5.74) is 6.46. The van der Waals surface area contributed by atoms with E-state index in [0.717, 1.165) is 0 Å². The Kier molecular flexibility index (Phi) is 6.55. The zero-order valence-electron chi connectivity index (χ0n) is 11.5. The molecule has 0 saturated carbocycles. The molecule has 0 spiro atoms. The van der Waals surface area contributed by atoms with Crippen molar-refractivity contribution in [1.29, 1.82) is 0 Å². The van der Waals surface area contributed by atoms with Gasteiger partial charge in [0.05, 0.1) is 29.0 Å². The van der Waals surface area contributed by atoms with E-state index < -0.39 is 0 Å². The van der Waals surface area contributed by atoms with Crippen molar-refractivity contribution in [3.05, 3.63) is 22.2 Å². The molecule has 1 unspecified atom stereocenters. The molecular weight excluding hydrogens is 301 g/mol. The third kappa shape index (κ3) is 5.54. The quantitative estimate of drug-likeness (QED) is 0.702. The predicted octanol–water partition coefficient (Wildman–Crippen LogP) is 2.22. The number of likely N-dealkylation sites (N-methyl/N-ethyl adjacent to an activating group) is 1. The number of halogens is 2. The van der Waals surface area contributed by atoms with E-state index in [-0.39, 0.29) is 18.6 Å². The maximum atomic E-state index is 11.9. The number of aliphatic hydroxyl groups is 1. The Morgan fingerprint density at radius 2 is 2.15 bits per heavy atom. The summed E-state index contributed by atoms with van der Waals surface area (Å²) in [6.07, 6.45) is 0.218. The van der Waals surface area contributed by atoms with Crippen molar-refractivity contribution in [2.24, 2.45) is 0 Å². The molecule has 112 valence electrons. The van der Waals surface area contributed by atoms with E-state index in [9.17, 15) is 9.90 Å². The number of nitrogens with one attached hydrogen (secondary N) is 1. The molecule has 1 aromatic rings. The lowest BCUT2D eigenvalue weighted by atomic mass is 10.2. The third-order valence-corrected chi connectivity index (χ3v) is 3.21. The fraction of sp³-hybridized carbons (Fsp3) is 0.462. The highest BCUT2D eigenvalue weighted by molar-refractivity contribution is 6.37. The van der Waals surface area contributed by atoms with E-state index in [0.29, 0.717) is 34.4 Å². The molecular formula is C13H19Cl2N3O2. The summed E-state index contributed by atoms with van der Waals surface area (Å²) in [7, 11) is 1.80. The number of nitrogen functional groups attached to an aromatic ring is 1. The van der Waals surface area contributed by atoms with Gasteiger partial charge in [0.25, 0.3) is 0 Å². The number of hydrogen-bond donors (Lipinski definition) is 3. The van der Waals surface area contributed by atoms with Gasteiger partial charge in [-0.15, -0.1) is 0 Å². The van der Waals surface area contributed by atoms with Crippen LogP contribution in [0.25, 0.3) is 0 Å². The van der Waals surface area contributed by atoms with E-state index in [1.54, 1.807) is 14.0 Å². The van der Waals surface area contributed by atoms with Crippen molar-refractivity contribution >= 4 is 40.5 Å². The number of carbonyl (C=O) groups excluding carboxylic acids is 1. The fourth-order valence-corrected chi connectivity index (χ4v) is 2.19. The first-order valence-corrected chi connectivity index (χ1v) is 6.96. The Morgan fingerprint density at radius 1 is 1.50 bits per heavy atom. The summed E-state index contributed by atoms with van der Waals surface area (Å²) in [4.78, 5) is 13.7. The lowest BCUT2D eigenvalue weighted by molar-refractivity contribution is -0.117. The average molecular weight is 320 g/mol. The van der Waals surface area contributed by atoms with Crippen LogP contribution in [-0.4, -0.2) is 42.2 Å². The fourth-order valence-electron chi connectivity index (χ4n) is 1.64. The van der Waals surface area contributed by atoms with Crippen LogP contribution in [0.5, 0.6) is 0 Å². The van der Waals surface area contributed by atoms with Crippen molar-refractivity contribution in [1.82, 2.24) is 4.90 Å². The SMILES string of the molecule is CC(O)CCN(C)CC(=O)Nc1c(N)cc(Cl)cc1Cl. The van der Waals surface area contributed by atoms with Gasteiger partial charge >= 0.3 is 0 Å². The normalized spacial score (nSPS) is 12.5. The standard InChI is InChI=1S/C13H19Cl2N3O2/c1-8(19)3-4-18(2)7-12(20)17-13-10(15)5-9(14)6-11(13)16/h5-6,8,19H,3-4,7,16H2,1-2H3,(H,17,20). The topological polar surface area (TPSA) is 78.6 Å². The molecule has 1 aromatic carbocycles. The molecule has 7 heteroatoms. The summed E-state index contributed by atoms with van der Waals surface area (Å²) in [5.74, 6) is -0.228. The number of carbonyl (C=O) groups is 1. The summed E-state index contributed by atoms with van der Waals surface area (Å²) in [5, 5.41) is 12.6. The summed E-state index contributed by atoms with van der Waals surface area (Å²) >= 11 is 11.8. The molecule has 0 aromatic heterocycles. The second kappa shape index (κ2) is 7.69. The van der Waals surface area contributed by atoms with Gasteiger partial charge in [0.2, 0.25) is 5.91 Å². The van der Waals surface area contributed by atoms with E-state index in [1.807, 2.05) is 4.90 Å². The largest absolute Gasteiger partial charge is 0.397 e. The number of rotatable bonds is 6. The summed E-state index contributed by atoms with van der Waals surface area (Å²) in [6.45, 7) is 2.52. The molecule has 0 aliphatic rings. The molecule has 20 heavy (non-hydrogen) atoms. The second-order valence-electron chi connectivity index (χ2n) is 4.78. The minimum atomic E-state index is -0.387. The highest BCUT2D eigenvalue weighted by atomic mass is 35.5. The molecule has 0 fully saturated rings. The van der Waals surface area contributed by atoms with Crippen LogP contribution >= 0.6 is 23.2 Å². The third-order valence-electron chi connectivity index (χ3n) is 2.69. The van der Waals surface area contributed by atoms with Gasteiger partial charge in [-0.3, -0.25) is 9.69 Å². The highest BCUT2D eigenvalue weighted by Crippen LogP contribution is 2.31. The number of benzene rings is 1. The van der Waals surface area contributed by atoms with Gasteiger partial charge in [-0.05, 0) is 32.5 Å². The van der Waals surface area contributed by atoms with Gasteiger partial charge in [0, 0.05) is 11.6 Å². The van der Waals surface area contributed by atoms with E-state index in [1.165, 1.54) is 12.1 Å². The summed E-state index contributed by atoms with van der Waals surface area (Å²) in [6, 6.07) is 3.05. The van der Waals surface area contributed by atoms with Crippen LogP contribution in [0.4, 0.5) is 11.4 Å². The van der Waals surface area contributed by atoms with Crippen LogP contribution in [0.1, 0.15) is 13.3 Å². The number of aliphatic hydroxyl groups excluding tert-OH is 1. The predicted molar refractivity (Wildman–Crippen MR) is 83.3 cm³/mol. The number of amides is 1. The minimum Gasteiger partial charge on any atom is -0.397 e. The molecule has 1 rings (SSSR count). The van der Waals surface area contributed by atoms with Crippen molar-refractivity contribution < 1.29 is 9.90 Å². The minimum absolute atomic E-state index is 0.186. The zero-order valence-corrected chi connectivity index (χ0v) is 13.0. The molecule has 0 saturated heterocycles. The summed E-state index contributed by atoms with van der Waals surface area (Å²) < 4.78 is 0. The molecule has 0 aliphatic heterocycles. The van der Waals surface area contributed by atoms with Crippen molar-refractivity contribution in [2.45, 2.75) is 19.4 Å². The monoisotopic (exact) mass is 319 g/mol. The lowest BCUT2D eigenvalue weighted by Gasteiger charge is -2.18. The number of nitrogens with two attached hydrogens (primary N) is 1. The zero-order chi connectivity index (χ0) is 15.3. The smallest absolute Gasteiger partial charge is 0.238 e. The maximum absolute atomic E-state index is 11.9. The van der Waals surface area contributed by atoms with Crippen molar-refractivity contribution in [2.75, 3.05) is 31.2 Å². The lowest BCUT2D eigenvalue weighted by Crippen LogP contribution is -2.32. The van der Waals surface area contributed by atoms with E-state index >= 15 is 0 Å². The Labute approximate surface area is 128 Å². The number of anilines is 2. The Morgan fingerprint density at radius 3 is 2.70 bits per heavy atom. The molecule has 4 N–H and O–H groups in total. The van der Waals surface area contributed by atoms with Crippen LogP contribution in [-0.2, 0) is 4.79 Å². The molecule has 0 aliphatic carbocycles. The van der Waals surface area contributed by atoms with Crippen LogP contribution in [0, 0.1) is 0 Å². The number of hydrogen-bond acceptors (Lipinski definition) is 4. The molecule has 0 bridgehead atoms. The average Bonchev–Trinajstić information content (AvgIpc) is 2.31. The van der Waals surface area contributed by atoms with Gasteiger partial charge in [0.15, 0.2) is 0 Å². The van der Waals surface area contributed by atoms with Crippen LogP contribution in [0.15, 0.2) is 12.1 Å². The van der Waals surface area contributed by atoms with Gasteiger partial charge in [-0.25, -0.2) is 0 Å². The first-order chi connectivity index (χ1) is 9.29. The van der Waals surface area contributed by atoms with Crippen LogP contribution in [0.3, 0.4) is 0 Å². The molecule has 0 radical (unpaired) electrons. The molecule has 1 amide bonds. The van der Waals surface area contributed by atoms with Crippen LogP contribution in [0.2, 0.25) is 10.0 Å². The molecule has 0 heterocycles. The Balaban J connectivity index is 2.59. The first-order valence-electron chi connectivity index (χ1n) is 6.20. The van der Waals surface area contributed by atoms with Gasteiger partial charge in [-0.2, -0.15) is 0 Å². The van der Waals surface area contributed by atoms with Crippen molar-refractivity contribution in [3.63, 3.8) is 0 Å². The number of nitrogens with zero attached hydrogens (tertiary/aromatic N) is 1. The van der Waals surface area contributed by atoms with Gasteiger partial charge < -0.3 is 16.2 Å². The second-order valence-corrected chi connectivity index (χ2v) is 5.62. The highest BCUT2D eigenvalue weighted by Gasteiger charge is 2.12. The van der Waals surface area contributed by atoms with Crippen LogP contribution < -0.4 is 11.1 Å². The van der Waals surface area contributed by atoms with E-state index in [4.69, 9.17) is 28.9 Å². The van der Waals surface area contributed by atoms with Gasteiger partial charge in [-0.1, -0.05) is 23.2 Å². The molecule has 5 nitrogen and oxygen atoms in total. The van der Waals surface area contributed by atoms with E-state index in [2.05, 4.69) is 5.32 Å². The molecule has 1 atom stereocenters. The Bertz CT molecular complexity index is 458. The maximum Gasteiger partial charge on any atom is 0.238 e. The van der Waals surface area contributed by atoms with Crippen molar-refractivity contribution in [3.8, 4) is 0 Å². The Hall–Kier alpha value is -1.01. The van der Waals surface area contributed by atoms with Gasteiger partial charge in [0.1, 0.15) is 0 Å². The first kappa shape index (κ1) is 17.0.